The number of carbonyl (C=O) groups is 1. The molecule has 0 bridgehead atoms. The molecule has 6 heteroatoms. The summed E-state index contributed by atoms with van der Waals surface area (Å²) in [5.74, 6) is 0.658. The van der Waals surface area contributed by atoms with Gasteiger partial charge in [0.05, 0.1) is 11.1 Å². The third-order valence-electron chi connectivity index (χ3n) is 4.36. The molecule has 108 valence electrons. The summed E-state index contributed by atoms with van der Waals surface area (Å²) >= 11 is 3.25. The lowest BCUT2D eigenvalue weighted by molar-refractivity contribution is 0.178. The first-order valence-corrected chi connectivity index (χ1v) is 7.44. The highest BCUT2D eigenvalue weighted by atomic mass is 79.9. The van der Waals surface area contributed by atoms with Crippen molar-refractivity contribution >= 4 is 22.0 Å². The fourth-order valence-electron chi connectivity index (χ4n) is 2.94. The first-order valence-electron chi connectivity index (χ1n) is 6.65. The minimum atomic E-state index is -0.0887. The molecule has 1 heterocycles. The van der Waals surface area contributed by atoms with E-state index in [9.17, 15) is 15.0 Å². The van der Waals surface area contributed by atoms with Crippen molar-refractivity contribution in [3.8, 4) is 5.75 Å². The lowest BCUT2D eigenvalue weighted by Crippen LogP contribution is -2.40. The number of piperidine rings is 1. The van der Waals surface area contributed by atoms with Crippen LogP contribution in [0.2, 0.25) is 0 Å². The highest BCUT2D eigenvalue weighted by Gasteiger charge is 2.60. The summed E-state index contributed by atoms with van der Waals surface area (Å²) in [5, 5.41) is 21.6. The van der Waals surface area contributed by atoms with Crippen LogP contribution in [0, 0.1) is 11.3 Å². The average molecular weight is 341 g/mol. The monoisotopic (exact) mass is 340 g/mol. The molecule has 2 fully saturated rings. The van der Waals surface area contributed by atoms with Crippen molar-refractivity contribution in [2.24, 2.45) is 11.3 Å². The number of phenols is 1. The molecule has 2 aliphatic rings. The lowest BCUT2D eigenvalue weighted by Gasteiger charge is -2.20. The van der Waals surface area contributed by atoms with Crippen molar-refractivity contribution < 1.29 is 15.0 Å². The maximum atomic E-state index is 12.1. The van der Waals surface area contributed by atoms with E-state index in [1.54, 1.807) is 23.1 Å². The minimum Gasteiger partial charge on any atom is -0.507 e. The van der Waals surface area contributed by atoms with Crippen LogP contribution >= 0.6 is 15.9 Å². The van der Waals surface area contributed by atoms with Gasteiger partial charge in [-0.2, -0.15) is 0 Å². The van der Waals surface area contributed by atoms with Gasteiger partial charge >= 0.3 is 6.03 Å². The van der Waals surface area contributed by atoms with Gasteiger partial charge in [-0.1, -0.05) is 6.07 Å². The zero-order valence-electron chi connectivity index (χ0n) is 11.0. The number of fused-ring (bicyclic) bond motifs is 1. The third kappa shape index (κ3) is 2.38. The van der Waals surface area contributed by atoms with Gasteiger partial charge in [-0.3, -0.25) is 0 Å². The van der Waals surface area contributed by atoms with Gasteiger partial charge in [0.1, 0.15) is 5.75 Å². The molecule has 5 nitrogen and oxygen atoms in total. The number of likely N-dealkylation sites (tertiary alicyclic amines) is 1. The second kappa shape index (κ2) is 4.93. The van der Waals surface area contributed by atoms with E-state index in [0.717, 1.165) is 18.5 Å². The highest BCUT2D eigenvalue weighted by Crippen LogP contribution is 2.57. The molecule has 3 rings (SSSR count). The van der Waals surface area contributed by atoms with Crippen molar-refractivity contribution in [3.63, 3.8) is 0 Å². The number of aromatic hydroxyl groups is 1. The molecule has 2 unspecified atom stereocenters. The maximum absolute atomic E-state index is 12.1. The molecule has 1 aliphatic heterocycles. The standard InChI is InChI=1S/C14H17BrN2O3/c15-11-3-9(1-2-12(11)19)5-16-13(20)17-6-10-4-14(10,7-17)8-18/h1-3,10,18-19H,4-8H2,(H,16,20). The van der Waals surface area contributed by atoms with Gasteiger partial charge < -0.3 is 20.4 Å². The van der Waals surface area contributed by atoms with Crippen molar-refractivity contribution in [1.29, 1.82) is 0 Å². The fraction of sp³-hybridized carbons (Fsp3) is 0.500. The predicted octanol–water partition coefficient (Wildman–Crippen LogP) is 1.68. The van der Waals surface area contributed by atoms with Crippen LogP contribution in [0.1, 0.15) is 12.0 Å². The molecule has 1 saturated carbocycles. The van der Waals surface area contributed by atoms with Crippen LogP contribution in [0.3, 0.4) is 0 Å². The second-order valence-corrected chi connectivity index (χ2v) is 6.60. The molecule has 1 aromatic carbocycles. The number of hydrogen-bond donors (Lipinski definition) is 3. The molecule has 0 spiro atoms. The number of urea groups is 1. The van der Waals surface area contributed by atoms with Crippen molar-refractivity contribution in [2.75, 3.05) is 19.7 Å². The number of benzene rings is 1. The zero-order chi connectivity index (χ0) is 14.3. The van der Waals surface area contributed by atoms with Gasteiger partial charge in [0.2, 0.25) is 0 Å². The van der Waals surface area contributed by atoms with E-state index in [4.69, 9.17) is 0 Å². The zero-order valence-corrected chi connectivity index (χ0v) is 12.6. The Morgan fingerprint density at radius 2 is 2.35 bits per heavy atom. The van der Waals surface area contributed by atoms with Gasteiger partial charge in [0, 0.05) is 25.0 Å². The Balaban J connectivity index is 1.54. The van der Waals surface area contributed by atoms with E-state index >= 15 is 0 Å². The van der Waals surface area contributed by atoms with Crippen molar-refractivity contribution in [1.82, 2.24) is 10.2 Å². The normalized spacial score (nSPS) is 27.3. The molecule has 2 atom stereocenters. The summed E-state index contributed by atoms with van der Waals surface area (Å²) in [4.78, 5) is 13.8. The van der Waals surface area contributed by atoms with E-state index in [2.05, 4.69) is 21.2 Å². The van der Waals surface area contributed by atoms with Gasteiger partial charge in [-0.15, -0.1) is 0 Å². The summed E-state index contributed by atoms with van der Waals surface area (Å²) in [6.07, 6.45) is 1.04. The average Bonchev–Trinajstić information content (AvgIpc) is 3.01. The number of nitrogens with one attached hydrogen (secondary N) is 1. The third-order valence-corrected chi connectivity index (χ3v) is 5.00. The van der Waals surface area contributed by atoms with Gasteiger partial charge in [-0.25, -0.2) is 4.79 Å². The van der Waals surface area contributed by atoms with Gasteiger partial charge in [0.25, 0.3) is 0 Å². The molecule has 0 aromatic heterocycles. The Morgan fingerprint density at radius 1 is 1.55 bits per heavy atom. The van der Waals surface area contributed by atoms with E-state index < -0.39 is 0 Å². The van der Waals surface area contributed by atoms with Crippen LogP contribution in [0.5, 0.6) is 5.75 Å². The minimum absolute atomic E-state index is 0.0150. The molecule has 20 heavy (non-hydrogen) atoms. The number of aliphatic hydroxyl groups excluding tert-OH is 1. The highest BCUT2D eigenvalue weighted by molar-refractivity contribution is 9.10. The van der Waals surface area contributed by atoms with E-state index in [0.29, 0.717) is 23.5 Å². The Kier molecular flexibility index (Phi) is 3.38. The van der Waals surface area contributed by atoms with Crippen LogP contribution < -0.4 is 5.32 Å². The van der Waals surface area contributed by atoms with E-state index in [-0.39, 0.29) is 23.8 Å². The number of hydrogen-bond acceptors (Lipinski definition) is 3. The van der Waals surface area contributed by atoms with Crippen LogP contribution in [0.15, 0.2) is 22.7 Å². The quantitative estimate of drug-likeness (QED) is 0.783. The summed E-state index contributed by atoms with van der Waals surface area (Å²) in [6.45, 7) is 1.99. The van der Waals surface area contributed by atoms with Gasteiger partial charge in [0.15, 0.2) is 0 Å². The van der Waals surface area contributed by atoms with Gasteiger partial charge in [-0.05, 0) is 46.0 Å². The summed E-state index contributed by atoms with van der Waals surface area (Å²) < 4.78 is 0.617. The largest absolute Gasteiger partial charge is 0.507 e. The fourth-order valence-corrected chi connectivity index (χ4v) is 3.37. The summed E-state index contributed by atoms with van der Waals surface area (Å²) in [5.41, 5.74) is 0.906. The van der Waals surface area contributed by atoms with E-state index in [1.807, 2.05) is 0 Å². The van der Waals surface area contributed by atoms with Crippen molar-refractivity contribution in [3.05, 3.63) is 28.2 Å². The Bertz CT molecular complexity index is 547. The number of phenolic OH excluding ortho intramolecular Hbond substituents is 1. The summed E-state index contributed by atoms with van der Waals surface area (Å²) in [6, 6.07) is 5.06. The Morgan fingerprint density at radius 3 is 3.00 bits per heavy atom. The number of nitrogens with zero attached hydrogens (tertiary/aromatic N) is 1. The number of amides is 2. The number of halogens is 1. The first kappa shape index (κ1) is 13.7. The molecular weight excluding hydrogens is 324 g/mol. The maximum Gasteiger partial charge on any atom is 0.317 e. The Hall–Kier alpha value is -1.27. The SMILES string of the molecule is O=C(NCc1ccc(O)c(Br)c1)N1CC2CC2(CO)C1. The van der Waals surface area contributed by atoms with Crippen LogP contribution in [0.4, 0.5) is 4.79 Å². The smallest absolute Gasteiger partial charge is 0.317 e. The first-order chi connectivity index (χ1) is 9.54. The topological polar surface area (TPSA) is 72.8 Å². The molecule has 0 radical (unpaired) electrons. The van der Waals surface area contributed by atoms with Crippen LogP contribution in [-0.2, 0) is 6.54 Å². The molecule has 3 N–H and O–H groups in total. The molecule has 1 aliphatic carbocycles. The van der Waals surface area contributed by atoms with Crippen LogP contribution in [-0.4, -0.2) is 40.8 Å². The summed E-state index contributed by atoms with van der Waals surface area (Å²) in [7, 11) is 0. The molecule has 1 aromatic rings. The number of aliphatic hydroxyl groups is 1. The molecule has 1 saturated heterocycles. The molecule has 2 amide bonds. The second-order valence-electron chi connectivity index (χ2n) is 5.75. The predicted molar refractivity (Wildman–Crippen MR) is 77.2 cm³/mol. The van der Waals surface area contributed by atoms with Crippen LogP contribution in [0.25, 0.3) is 0 Å². The number of rotatable bonds is 3. The van der Waals surface area contributed by atoms with E-state index in [1.165, 1.54) is 0 Å². The Labute approximate surface area is 125 Å². The lowest BCUT2D eigenvalue weighted by atomic mass is 10.1. The number of carbonyl (C=O) groups excluding carboxylic acids is 1. The molecular formula is C14H17BrN2O3. The van der Waals surface area contributed by atoms with Crippen molar-refractivity contribution in [2.45, 2.75) is 13.0 Å².